The summed E-state index contributed by atoms with van der Waals surface area (Å²) in [6.07, 6.45) is 2.19. The number of hydrogen-bond acceptors (Lipinski definition) is 6. The molecule has 10 nitrogen and oxygen atoms in total. The second-order valence-corrected chi connectivity index (χ2v) is 12.0. The smallest absolute Gasteiger partial charge is 0.335 e. The number of benzene rings is 2. The minimum Gasteiger partial charge on any atom is -0.357 e. The van der Waals surface area contributed by atoms with Gasteiger partial charge in [0.25, 0.3) is 0 Å². The summed E-state index contributed by atoms with van der Waals surface area (Å²) in [6, 6.07) is 11.2. The number of nitrogens with one attached hydrogen (secondary N) is 2. The molecule has 6 N–H and O–H groups in total. The lowest BCUT2D eigenvalue weighted by atomic mass is 9.98. The molecule has 3 rings (SSSR count). The van der Waals surface area contributed by atoms with Crippen molar-refractivity contribution in [1.29, 1.82) is 0 Å². The number of amides is 3. The Labute approximate surface area is 214 Å². The molecule has 196 valence electrons. The Morgan fingerprint density at radius 1 is 1.17 bits per heavy atom. The molecule has 0 radical (unpaired) electrons. The number of likely N-dealkylation sites (tertiary alicyclic amines) is 1. The average Bonchev–Trinajstić information content (AvgIpc) is 2.86. The predicted octanol–water partition coefficient (Wildman–Crippen LogP) is 1.19. The summed E-state index contributed by atoms with van der Waals surface area (Å²) in [4.78, 5) is 58.3. The molecule has 1 aliphatic rings. The number of piperidine rings is 1. The molecule has 0 saturated carbocycles. The zero-order chi connectivity index (χ0) is 26.3. The standard InChI is InChI=1S/C24H33N4O6PS/c1-26-22(29)20(13-16-9-10-17-6-2-3-7-18(17)12-16)27-23(30)21-8-4-5-11-28(21)24(31)19(25)14-36-15-35(32,33)34/h2-3,6-7,9-10,12,19-21H,4-5,8,11,13-15,25H2,1H3,(H,26,29)(H,27,30)(H2,32,33,34)/t19-,20-,21-/m0/s1. The van der Waals surface area contributed by atoms with Crippen LogP contribution in [0.2, 0.25) is 0 Å². The van der Waals surface area contributed by atoms with Crippen molar-refractivity contribution >= 4 is 47.9 Å². The van der Waals surface area contributed by atoms with E-state index in [0.717, 1.165) is 34.5 Å². The molecule has 0 aliphatic carbocycles. The number of likely N-dealkylation sites (N-methyl/N-ethyl adjacent to an activating group) is 1. The van der Waals surface area contributed by atoms with E-state index in [1.165, 1.54) is 11.9 Å². The third-order valence-electron chi connectivity index (χ3n) is 6.10. The highest BCUT2D eigenvalue weighted by Crippen LogP contribution is 2.38. The summed E-state index contributed by atoms with van der Waals surface area (Å²) < 4.78 is 11.1. The monoisotopic (exact) mass is 536 g/mol. The molecule has 1 aliphatic heterocycles. The molecule has 12 heteroatoms. The predicted molar refractivity (Wildman–Crippen MR) is 140 cm³/mol. The number of thioether (sulfide) groups is 1. The van der Waals surface area contributed by atoms with Crippen LogP contribution in [0.3, 0.4) is 0 Å². The summed E-state index contributed by atoms with van der Waals surface area (Å²) in [5.74, 6) is -1.18. The van der Waals surface area contributed by atoms with Crippen LogP contribution in [0, 0.1) is 0 Å². The van der Waals surface area contributed by atoms with Gasteiger partial charge >= 0.3 is 7.60 Å². The highest BCUT2D eigenvalue weighted by molar-refractivity contribution is 8.04. The van der Waals surface area contributed by atoms with E-state index in [2.05, 4.69) is 10.6 Å². The highest BCUT2D eigenvalue weighted by atomic mass is 32.2. The zero-order valence-corrected chi connectivity index (χ0v) is 21.8. The Kier molecular flexibility index (Phi) is 9.92. The van der Waals surface area contributed by atoms with Gasteiger partial charge in [0.1, 0.15) is 12.1 Å². The van der Waals surface area contributed by atoms with E-state index in [9.17, 15) is 18.9 Å². The molecule has 0 aromatic heterocycles. The second-order valence-electron chi connectivity index (χ2n) is 8.88. The van der Waals surface area contributed by atoms with Gasteiger partial charge in [-0.2, -0.15) is 0 Å². The van der Waals surface area contributed by atoms with Crippen molar-refractivity contribution in [2.24, 2.45) is 5.73 Å². The van der Waals surface area contributed by atoms with Crippen molar-refractivity contribution in [2.75, 3.05) is 24.8 Å². The SMILES string of the molecule is CNC(=O)[C@H](Cc1ccc2ccccc2c1)NC(=O)[C@@H]1CCCCN1C(=O)[C@@H](N)CSCP(=O)(O)O. The van der Waals surface area contributed by atoms with Crippen molar-refractivity contribution in [2.45, 2.75) is 43.8 Å². The highest BCUT2D eigenvalue weighted by Gasteiger charge is 2.36. The largest absolute Gasteiger partial charge is 0.357 e. The van der Waals surface area contributed by atoms with Gasteiger partial charge in [-0.05, 0) is 35.6 Å². The van der Waals surface area contributed by atoms with E-state index >= 15 is 0 Å². The first kappa shape index (κ1) is 28.1. The number of carbonyl (C=O) groups excluding carboxylic acids is 3. The van der Waals surface area contributed by atoms with Crippen LogP contribution >= 0.6 is 19.4 Å². The van der Waals surface area contributed by atoms with Gasteiger partial charge in [-0.1, -0.05) is 42.5 Å². The molecule has 36 heavy (non-hydrogen) atoms. The number of fused-ring (bicyclic) bond motifs is 1. The molecule has 0 unspecified atom stereocenters. The fraction of sp³-hybridized carbons (Fsp3) is 0.458. The van der Waals surface area contributed by atoms with E-state index in [0.29, 0.717) is 19.4 Å². The van der Waals surface area contributed by atoms with Crippen LogP contribution in [0.5, 0.6) is 0 Å². The normalized spacial score (nSPS) is 17.9. The molecule has 1 heterocycles. The van der Waals surface area contributed by atoms with Gasteiger partial charge in [-0.25, -0.2) is 0 Å². The van der Waals surface area contributed by atoms with Gasteiger partial charge in [-0.15, -0.1) is 11.8 Å². The lowest BCUT2D eigenvalue weighted by molar-refractivity contribution is -0.143. The van der Waals surface area contributed by atoms with Crippen LogP contribution in [0.4, 0.5) is 0 Å². The van der Waals surface area contributed by atoms with Gasteiger partial charge in [0, 0.05) is 25.8 Å². The fourth-order valence-corrected chi connectivity index (χ4v) is 6.07. The van der Waals surface area contributed by atoms with Crippen molar-refractivity contribution in [3.05, 3.63) is 48.0 Å². The summed E-state index contributed by atoms with van der Waals surface area (Å²) in [5.41, 5.74) is 6.46. The van der Waals surface area contributed by atoms with Crippen LogP contribution in [-0.4, -0.2) is 75.4 Å². The van der Waals surface area contributed by atoms with Crippen LogP contribution in [0.25, 0.3) is 10.8 Å². The third kappa shape index (κ3) is 7.78. The van der Waals surface area contributed by atoms with E-state index in [1.807, 2.05) is 42.5 Å². The molecule has 0 spiro atoms. The zero-order valence-electron chi connectivity index (χ0n) is 20.1. The maximum Gasteiger partial charge on any atom is 0.335 e. The fourth-order valence-electron chi connectivity index (χ4n) is 4.30. The van der Waals surface area contributed by atoms with Crippen LogP contribution < -0.4 is 16.4 Å². The Morgan fingerprint density at radius 2 is 1.89 bits per heavy atom. The second kappa shape index (κ2) is 12.7. The molecule has 0 bridgehead atoms. The number of nitrogens with two attached hydrogens (primary N) is 1. The van der Waals surface area contributed by atoms with E-state index in [4.69, 9.17) is 15.5 Å². The number of rotatable bonds is 10. The van der Waals surface area contributed by atoms with E-state index in [1.54, 1.807) is 0 Å². The Balaban J connectivity index is 1.69. The third-order valence-corrected chi connectivity index (χ3v) is 8.77. The van der Waals surface area contributed by atoms with Gasteiger partial charge in [0.2, 0.25) is 17.7 Å². The molecule has 3 atom stereocenters. The minimum atomic E-state index is -4.20. The summed E-state index contributed by atoms with van der Waals surface area (Å²) >= 11 is 0.901. The first-order valence-electron chi connectivity index (χ1n) is 11.8. The average molecular weight is 537 g/mol. The molecular weight excluding hydrogens is 503 g/mol. The van der Waals surface area contributed by atoms with Gasteiger partial charge in [0.15, 0.2) is 0 Å². The van der Waals surface area contributed by atoms with Crippen molar-refractivity contribution in [3.8, 4) is 0 Å². The summed E-state index contributed by atoms with van der Waals surface area (Å²) in [7, 11) is -2.70. The van der Waals surface area contributed by atoms with Crippen LogP contribution in [0.1, 0.15) is 24.8 Å². The topological polar surface area (TPSA) is 162 Å². The van der Waals surface area contributed by atoms with Crippen LogP contribution in [0.15, 0.2) is 42.5 Å². The molecule has 3 amide bonds. The molecule has 1 saturated heterocycles. The van der Waals surface area contributed by atoms with E-state index in [-0.39, 0.29) is 18.1 Å². The maximum absolute atomic E-state index is 13.3. The Bertz CT molecular complexity index is 1140. The van der Waals surface area contributed by atoms with Gasteiger partial charge in [0.05, 0.1) is 11.5 Å². The van der Waals surface area contributed by atoms with Crippen molar-refractivity contribution in [3.63, 3.8) is 0 Å². The quantitative estimate of drug-likeness (QED) is 0.283. The first-order valence-corrected chi connectivity index (χ1v) is 14.7. The maximum atomic E-state index is 13.3. The Morgan fingerprint density at radius 3 is 2.58 bits per heavy atom. The number of nitrogens with zero attached hydrogens (tertiary/aromatic N) is 1. The molecule has 2 aromatic carbocycles. The molecule has 2 aromatic rings. The van der Waals surface area contributed by atoms with Crippen LogP contribution in [-0.2, 0) is 25.4 Å². The molecular formula is C24H33N4O6PS. The number of carbonyl (C=O) groups is 3. The van der Waals surface area contributed by atoms with E-state index < -0.39 is 43.0 Å². The molecule has 1 fully saturated rings. The Hall–Kier alpha value is -2.43. The summed E-state index contributed by atoms with van der Waals surface area (Å²) in [6.45, 7) is 0.350. The first-order chi connectivity index (χ1) is 17.1. The number of hydrogen-bond donors (Lipinski definition) is 5. The van der Waals surface area contributed by atoms with Crippen molar-refractivity contribution in [1.82, 2.24) is 15.5 Å². The van der Waals surface area contributed by atoms with Gasteiger partial charge in [-0.3, -0.25) is 18.9 Å². The lowest BCUT2D eigenvalue weighted by Crippen LogP contribution is -2.59. The summed E-state index contributed by atoms with van der Waals surface area (Å²) in [5, 5.41) is 7.54. The lowest BCUT2D eigenvalue weighted by Gasteiger charge is -2.36. The van der Waals surface area contributed by atoms with Crippen molar-refractivity contribution < 1.29 is 28.7 Å². The van der Waals surface area contributed by atoms with Gasteiger partial charge < -0.3 is 31.1 Å². The minimum absolute atomic E-state index is 0.0254.